The number of rotatable bonds is 26. The highest BCUT2D eigenvalue weighted by molar-refractivity contribution is 7.99. The van der Waals surface area contributed by atoms with Gasteiger partial charge in [0.15, 0.2) is 0 Å². The van der Waals surface area contributed by atoms with Crippen LogP contribution in [-0.4, -0.2) is 229 Å². The molecule has 3 aromatic carbocycles. The number of alkyl halides is 6. The number of carbonyl (C=O) groups is 1. The summed E-state index contributed by atoms with van der Waals surface area (Å²) in [4.78, 5) is 21.0. The molecule has 32 heteroatoms. The number of likely N-dealkylation sites (tertiary alicyclic amines) is 4. The molecule has 6 aliphatic heterocycles. The fraction of sp³-hybridized carbons (Fsp3) is 0.621. The number of β-amino-alcohol motifs (C(OH)–C–C–N with tert-alkyl or cyclic N) is 1. The lowest BCUT2D eigenvalue weighted by atomic mass is 9.88. The van der Waals surface area contributed by atoms with E-state index in [1.807, 2.05) is 34.1 Å². The Morgan fingerprint density at radius 3 is 1.71 bits per heavy atom. The number of aromatic nitrogens is 4. The predicted octanol–water partition coefficient (Wildman–Crippen LogP) is 7.69. The monoisotopic (exact) mass is 1470 g/mol. The van der Waals surface area contributed by atoms with Gasteiger partial charge >= 0.3 is 12.4 Å². The summed E-state index contributed by atoms with van der Waals surface area (Å²) in [6.45, 7) is 5.31. The van der Waals surface area contributed by atoms with Crippen LogP contribution in [0, 0.1) is 5.92 Å². The lowest BCUT2D eigenvalue weighted by Crippen LogP contribution is -2.53. The Bertz CT molecular complexity index is 3960. The van der Waals surface area contributed by atoms with Gasteiger partial charge in [0.25, 0.3) is 0 Å². The van der Waals surface area contributed by atoms with Crippen molar-refractivity contribution in [1.29, 1.82) is 0 Å². The van der Waals surface area contributed by atoms with E-state index < -0.39 is 77.6 Å². The second-order valence-corrected chi connectivity index (χ2v) is 34.8. The average molecular weight is 1470 g/mol. The molecular formula is C66H89F6N11O10S5. The maximum atomic E-state index is 15.0. The number of halogens is 6. The molecule has 4 fully saturated rings. The molecule has 98 heavy (non-hydrogen) atoms. The number of thioether (sulfide) groups is 2. The largest absolute Gasteiger partial charge is 0.496 e. The van der Waals surface area contributed by atoms with Crippen LogP contribution in [-0.2, 0) is 86.2 Å². The zero-order valence-electron chi connectivity index (χ0n) is 55.5. The average Bonchev–Trinajstić information content (AvgIpc) is 1.45. The Morgan fingerprint density at radius 1 is 0.643 bits per heavy atom. The number of hydrogen-bond donors (Lipinski definition) is 3. The van der Waals surface area contributed by atoms with Gasteiger partial charge in [0.2, 0.25) is 36.0 Å². The molecule has 0 aliphatic carbocycles. The van der Waals surface area contributed by atoms with Crippen molar-refractivity contribution in [3.63, 3.8) is 0 Å². The van der Waals surface area contributed by atoms with Gasteiger partial charge in [-0.3, -0.25) is 19.1 Å². The van der Waals surface area contributed by atoms with E-state index in [0.29, 0.717) is 98.0 Å². The number of benzene rings is 3. The minimum Gasteiger partial charge on any atom is -0.496 e. The molecule has 6 aliphatic rings. The number of fused-ring (bicyclic) bond motifs is 2. The quantitative estimate of drug-likeness (QED) is 0.0273. The molecule has 4 saturated heterocycles. The van der Waals surface area contributed by atoms with E-state index in [-0.39, 0.29) is 115 Å². The predicted molar refractivity (Wildman–Crippen MR) is 364 cm³/mol. The normalized spacial score (nSPS) is 20.0. The fourth-order valence-electron chi connectivity index (χ4n) is 14.8. The van der Waals surface area contributed by atoms with E-state index in [0.717, 1.165) is 112 Å². The number of para-hydroxylation sites is 1. The number of sulfonamides is 3. The molecule has 21 nitrogen and oxygen atoms in total. The van der Waals surface area contributed by atoms with Crippen molar-refractivity contribution >= 4 is 59.5 Å². The topological polar surface area (TPSA) is 236 Å². The van der Waals surface area contributed by atoms with Crippen molar-refractivity contribution < 1.29 is 71.3 Å². The van der Waals surface area contributed by atoms with E-state index in [4.69, 9.17) is 14.9 Å². The first kappa shape index (κ1) is 74.4. The third-order valence-electron chi connectivity index (χ3n) is 20.0. The second-order valence-electron chi connectivity index (χ2n) is 26.7. The molecule has 3 unspecified atom stereocenters. The minimum absolute atomic E-state index is 0.0127. The fourth-order valence-corrected chi connectivity index (χ4v) is 20.0. The number of ether oxygens (including phenoxy) is 1. The summed E-state index contributed by atoms with van der Waals surface area (Å²) < 4.78 is 184. The van der Waals surface area contributed by atoms with Gasteiger partial charge in [-0.2, -0.15) is 45.2 Å². The van der Waals surface area contributed by atoms with Gasteiger partial charge in [0, 0.05) is 133 Å². The number of aliphatic hydroxyl groups excluding tert-OH is 2. The zero-order valence-corrected chi connectivity index (χ0v) is 59.6. The molecule has 0 saturated carbocycles. The Kier molecular flexibility index (Phi) is 23.8. The Hall–Kier alpha value is -4.84. The summed E-state index contributed by atoms with van der Waals surface area (Å²) in [6.07, 6.45) is -1.87. The van der Waals surface area contributed by atoms with Gasteiger partial charge in [-0.25, -0.2) is 30.0 Å². The van der Waals surface area contributed by atoms with Crippen LogP contribution in [0.4, 0.5) is 26.3 Å². The van der Waals surface area contributed by atoms with Crippen LogP contribution in [0.2, 0.25) is 0 Å². The van der Waals surface area contributed by atoms with Crippen LogP contribution in [0.1, 0.15) is 103 Å². The molecule has 0 spiro atoms. The van der Waals surface area contributed by atoms with Gasteiger partial charge in [-0.1, -0.05) is 36.8 Å². The van der Waals surface area contributed by atoms with Crippen LogP contribution in [0.3, 0.4) is 0 Å². The van der Waals surface area contributed by atoms with E-state index in [9.17, 15) is 66.6 Å². The summed E-state index contributed by atoms with van der Waals surface area (Å²) in [6, 6.07) is 13.7. The van der Waals surface area contributed by atoms with Crippen molar-refractivity contribution in [1.82, 2.24) is 52.5 Å². The highest BCUT2D eigenvalue weighted by atomic mass is 32.2. The van der Waals surface area contributed by atoms with Crippen molar-refractivity contribution in [2.75, 3.05) is 122 Å². The summed E-state index contributed by atoms with van der Waals surface area (Å²) in [5.41, 5.74) is 2.25. The number of methoxy groups -OCH3 is 1. The van der Waals surface area contributed by atoms with Gasteiger partial charge in [-0.05, 0) is 132 Å². The molecule has 11 rings (SSSR count). The number of amides is 1. The first-order valence-corrected chi connectivity index (χ1v) is 41.0. The first-order chi connectivity index (χ1) is 46.5. The maximum Gasteiger partial charge on any atom is 0.417 e. The van der Waals surface area contributed by atoms with Crippen LogP contribution in [0.15, 0.2) is 70.5 Å². The van der Waals surface area contributed by atoms with Crippen LogP contribution >= 0.6 is 23.5 Å². The zero-order chi connectivity index (χ0) is 69.9. The van der Waals surface area contributed by atoms with Crippen LogP contribution in [0.25, 0.3) is 22.5 Å². The van der Waals surface area contributed by atoms with E-state index in [2.05, 4.69) is 14.5 Å². The third-order valence-corrected chi connectivity index (χ3v) is 26.0. The van der Waals surface area contributed by atoms with Crippen molar-refractivity contribution in [2.45, 2.75) is 143 Å². The molecule has 2 aromatic heterocycles. The molecule has 0 bridgehead atoms. The molecular weight excluding hydrogens is 1380 g/mol. The van der Waals surface area contributed by atoms with Crippen molar-refractivity contribution in [3.05, 3.63) is 99.9 Å². The number of nitrogens with one attached hydrogen (secondary N) is 1. The molecule has 1 amide bonds. The Labute approximate surface area is 579 Å². The SMILES string of the molecule is COc1ccccc1C1CCN(C(CS(=O)(=O)NCCSc2cc(-c3nn(CC(O)CN4CCC(C(=O)N5CCCC5)CC4)c4c3CN(S(C)(=O)=O)CC4)ccc2C(F)(F)F)C(O)Cn2nc(-c3ccc(C(F)(F)F)c(SCCN4CCCCC4)c3)c3c2CCN(S(C)(=O)=O)C3)CC1. The maximum absolute atomic E-state index is 15.0. The Balaban J connectivity index is 0.821. The molecule has 3 atom stereocenters. The minimum atomic E-state index is -4.84. The summed E-state index contributed by atoms with van der Waals surface area (Å²) in [5.74, 6) is 0.355. The molecule has 0 radical (unpaired) electrons. The number of aliphatic hydroxyl groups is 2. The van der Waals surface area contributed by atoms with E-state index in [1.54, 1.807) is 11.8 Å². The number of piperidine rings is 3. The molecule has 540 valence electrons. The van der Waals surface area contributed by atoms with Crippen molar-refractivity contribution in [3.8, 4) is 28.3 Å². The summed E-state index contributed by atoms with van der Waals surface area (Å²) >= 11 is 1.84. The molecule has 5 aromatic rings. The number of nitrogens with zero attached hydrogens (tertiary/aromatic N) is 10. The van der Waals surface area contributed by atoms with Gasteiger partial charge < -0.3 is 29.6 Å². The highest BCUT2D eigenvalue weighted by Crippen LogP contribution is 2.44. The van der Waals surface area contributed by atoms with E-state index in [1.165, 1.54) is 37.6 Å². The highest BCUT2D eigenvalue weighted by Gasteiger charge is 2.41. The van der Waals surface area contributed by atoms with Gasteiger partial charge in [-0.15, -0.1) is 23.5 Å². The summed E-state index contributed by atoms with van der Waals surface area (Å²) in [5, 5.41) is 33.9. The van der Waals surface area contributed by atoms with E-state index >= 15 is 0 Å². The third kappa shape index (κ3) is 18.1. The first-order valence-electron chi connectivity index (χ1n) is 33.7. The molecule has 3 N–H and O–H groups in total. The summed E-state index contributed by atoms with van der Waals surface area (Å²) in [7, 11) is -10.3. The lowest BCUT2D eigenvalue weighted by Gasteiger charge is -2.40. The Morgan fingerprint density at radius 2 is 1.17 bits per heavy atom. The smallest absolute Gasteiger partial charge is 0.417 e. The van der Waals surface area contributed by atoms with Crippen LogP contribution in [0.5, 0.6) is 5.75 Å². The standard InChI is InChI=1S/C66H89F6N11O10S5/c1-93-59-12-6-5-11-50(59)45-19-30-78(31-20-45)57(58(85)43-83-56-22-33-81(97(3,89)90)42-52(56)63(75-83)48-14-16-54(66(70,71)72)61(38-48)95-36-34-76-24-7-4-8-25-76)44-98(91,92)73-23-35-94-60-37-47(13-15-53(60)65(67,68)69)62-51-41-80(96(2,87)88)32-21-55(51)82(74-62)40-49(84)39-77-28-17-46(18-29-77)64(86)79-26-9-10-27-79/h5-6,11-16,37-38,45-46,49,57-58,73,84-85H,4,7-10,17-36,39-44H2,1-3H3. The van der Waals surface area contributed by atoms with Gasteiger partial charge in [0.05, 0.1) is 79.2 Å². The molecule has 8 heterocycles. The lowest BCUT2D eigenvalue weighted by molar-refractivity contribution is -0.140. The number of carbonyl (C=O) groups excluding carboxylic acids is 1. The van der Waals surface area contributed by atoms with Crippen molar-refractivity contribution in [2.24, 2.45) is 5.92 Å². The second kappa shape index (κ2) is 31.4. The van der Waals surface area contributed by atoms with Crippen LogP contribution < -0.4 is 9.46 Å². The number of hydrogen-bond acceptors (Lipinski definition) is 17. The van der Waals surface area contributed by atoms with Gasteiger partial charge in [0.1, 0.15) is 5.75 Å².